The number of H-pyrrole nitrogens is 1. The van der Waals surface area contributed by atoms with Crippen molar-refractivity contribution < 1.29 is 9.53 Å². The number of amides is 1. The molecule has 8 heteroatoms. The van der Waals surface area contributed by atoms with Crippen LogP contribution in [-0.2, 0) is 4.74 Å². The van der Waals surface area contributed by atoms with Gasteiger partial charge in [0.1, 0.15) is 5.60 Å². The minimum atomic E-state index is -0.467. The van der Waals surface area contributed by atoms with E-state index in [0.29, 0.717) is 19.0 Å². The second kappa shape index (κ2) is 5.81. The van der Waals surface area contributed by atoms with E-state index in [1.807, 2.05) is 26.8 Å². The lowest BCUT2D eigenvalue weighted by Gasteiger charge is -2.19. The molecule has 0 radical (unpaired) electrons. The zero-order chi connectivity index (χ0) is 14.6. The number of hydrogen-bond donors (Lipinski definition) is 3. The van der Waals surface area contributed by atoms with Crippen LogP contribution in [-0.4, -0.2) is 44.6 Å². The molecule has 8 nitrogen and oxygen atoms in total. The Balaban J connectivity index is 1.62. The number of nitrogens with zero attached hydrogens (tertiary/aromatic N) is 3. The largest absolute Gasteiger partial charge is 0.444 e. The van der Waals surface area contributed by atoms with Crippen LogP contribution in [0.15, 0.2) is 12.3 Å². The lowest BCUT2D eigenvalue weighted by molar-refractivity contribution is 0.0528. The first-order valence-corrected chi connectivity index (χ1v) is 6.54. The molecule has 0 unspecified atom stereocenters. The molecule has 110 valence electrons. The second-order valence-electron chi connectivity index (χ2n) is 5.38. The Morgan fingerprint density at radius 1 is 1.45 bits per heavy atom. The van der Waals surface area contributed by atoms with Crippen molar-refractivity contribution in [1.29, 1.82) is 0 Å². The molecule has 2 heterocycles. The highest BCUT2D eigenvalue weighted by atomic mass is 16.6. The van der Waals surface area contributed by atoms with E-state index in [2.05, 4.69) is 25.8 Å². The summed E-state index contributed by atoms with van der Waals surface area (Å²) < 4.78 is 6.72. The predicted molar refractivity (Wildman–Crippen MR) is 74.7 cm³/mol. The molecule has 0 fully saturated rings. The summed E-state index contributed by atoms with van der Waals surface area (Å²) in [7, 11) is 0. The number of carbonyl (C=O) groups is 1. The summed E-state index contributed by atoms with van der Waals surface area (Å²) in [6.45, 7) is 6.73. The highest BCUT2D eigenvalue weighted by Gasteiger charge is 2.15. The van der Waals surface area contributed by atoms with E-state index >= 15 is 0 Å². The molecule has 2 aromatic heterocycles. The molecule has 0 aliphatic heterocycles. The lowest BCUT2D eigenvalue weighted by Crippen LogP contribution is -2.33. The molecular formula is C12H20N6O2. The van der Waals surface area contributed by atoms with E-state index in [-0.39, 0.29) is 0 Å². The molecular weight excluding hydrogens is 260 g/mol. The number of carbonyl (C=O) groups excluding carboxylic acids is 1. The fraction of sp³-hybridized carbons (Fsp3) is 0.583. The summed E-state index contributed by atoms with van der Waals surface area (Å²) in [6.07, 6.45) is 2.05. The Morgan fingerprint density at radius 2 is 2.25 bits per heavy atom. The van der Waals surface area contributed by atoms with Gasteiger partial charge in [0.2, 0.25) is 5.95 Å². The molecule has 0 spiro atoms. The molecule has 0 saturated heterocycles. The van der Waals surface area contributed by atoms with Crippen molar-refractivity contribution in [2.75, 3.05) is 18.4 Å². The Kier molecular flexibility index (Phi) is 4.11. The van der Waals surface area contributed by atoms with Crippen LogP contribution < -0.4 is 10.6 Å². The molecule has 2 rings (SSSR count). The Labute approximate surface area is 116 Å². The molecule has 0 aliphatic rings. The molecule has 1 amide bonds. The summed E-state index contributed by atoms with van der Waals surface area (Å²) >= 11 is 0. The van der Waals surface area contributed by atoms with Gasteiger partial charge in [0.15, 0.2) is 5.65 Å². The Morgan fingerprint density at radius 3 is 2.95 bits per heavy atom. The van der Waals surface area contributed by atoms with Crippen molar-refractivity contribution in [2.24, 2.45) is 0 Å². The van der Waals surface area contributed by atoms with E-state index in [4.69, 9.17) is 4.74 Å². The van der Waals surface area contributed by atoms with Crippen LogP contribution >= 0.6 is 0 Å². The van der Waals surface area contributed by atoms with Gasteiger partial charge >= 0.3 is 6.09 Å². The van der Waals surface area contributed by atoms with Gasteiger partial charge in [-0.15, -0.1) is 0 Å². The fourth-order valence-electron chi connectivity index (χ4n) is 1.59. The van der Waals surface area contributed by atoms with Crippen LogP contribution in [0, 0.1) is 0 Å². The van der Waals surface area contributed by atoms with E-state index in [1.165, 1.54) is 0 Å². The second-order valence-corrected chi connectivity index (χ2v) is 5.38. The van der Waals surface area contributed by atoms with Crippen molar-refractivity contribution in [3.63, 3.8) is 0 Å². The molecule has 0 bridgehead atoms. The summed E-state index contributed by atoms with van der Waals surface area (Å²) in [5, 5.41) is 12.8. The number of hydrogen-bond acceptors (Lipinski definition) is 5. The highest BCUT2D eigenvalue weighted by Crippen LogP contribution is 2.06. The third-order valence-corrected chi connectivity index (χ3v) is 2.38. The number of ether oxygens (including phenoxy) is 1. The maximum atomic E-state index is 11.4. The van der Waals surface area contributed by atoms with Gasteiger partial charge in [0.25, 0.3) is 0 Å². The van der Waals surface area contributed by atoms with E-state index in [9.17, 15) is 4.79 Å². The highest BCUT2D eigenvalue weighted by molar-refractivity contribution is 5.67. The van der Waals surface area contributed by atoms with E-state index in [0.717, 1.165) is 12.1 Å². The number of rotatable bonds is 5. The molecule has 0 atom stereocenters. The molecule has 20 heavy (non-hydrogen) atoms. The minimum Gasteiger partial charge on any atom is -0.444 e. The third kappa shape index (κ3) is 4.15. The van der Waals surface area contributed by atoms with E-state index in [1.54, 1.807) is 10.8 Å². The Hall–Kier alpha value is -2.25. The first-order valence-electron chi connectivity index (χ1n) is 6.54. The maximum Gasteiger partial charge on any atom is 0.407 e. The van der Waals surface area contributed by atoms with Gasteiger partial charge in [-0.05, 0) is 27.2 Å². The average molecular weight is 280 g/mol. The van der Waals surface area contributed by atoms with Crippen molar-refractivity contribution in [3.8, 4) is 0 Å². The quantitative estimate of drug-likeness (QED) is 0.719. The van der Waals surface area contributed by atoms with Crippen LogP contribution in [0.5, 0.6) is 0 Å². The predicted octanol–water partition coefficient (Wildman–Crippen LogP) is 1.38. The maximum absolute atomic E-state index is 11.4. The zero-order valence-corrected chi connectivity index (χ0v) is 11.9. The number of fused-ring (bicyclic) bond motifs is 1. The molecule has 0 saturated carbocycles. The van der Waals surface area contributed by atoms with Gasteiger partial charge < -0.3 is 15.4 Å². The minimum absolute atomic E-state index is 0.394. The SMILES string of the molecule is CC(C)(C)OC(=O)NCCCNc1nc2ccnn2[nH]1. The first kappa shape index (κ1) is 14.2. The van der Waals surface area contributed by atoms with Crippen LogP contribution in [0.1, 0.15) is 27.2 Å². The van der Waals surface area contributed by atoms with Gasteiger partial charge in [-0.1, -0.05) is 0 Å². The van der Waals surface area contributed by atoms with Crippen molar-refractivity contribution >= 4 is 17.7 Å². The number of nitrogens with one attached hydrogen (secondary N) is 3. The summed E-state index contributed by atoms with van der Waals surface area (Å²) in [5.41, 5.74) is 0.296. The third-order valence-electron chi connectivity index (χ3n) is 2.38. The summed E-state index contributed by atoms with van der Waals surface area (Å²) in [6, 6.07) is 1.81. The van der Waals surface area contributed by atoms with Crippen LogP contribution in [0.3, 0.4) is 0 Å². The smallest absolute Gasteiger partial charge is 0.407 e. The molecule has 3 N–H and O–H groups in total. The van der Waals surface area contributed by atoms with Crippen molar-refractivity contribution in [3.05, 3.63) is 12.3 Å². The van der Waals surface area contributed by atoms with Crippen molar-refractivity contribution in [1.82, 2.24) is 25.1 Å². The number of anilines is 1. The number of aromatic amines is 1. The van der Waals surface area contributed by atoms with Gasteiger partial charge in [-0.2, -0.15) is 14.7 Å². The normalized spacial score (nSPS) is 11.6. The average Bonchev–Trinajstić information content (AvgIpc) is 2.86. The van der Waals surface area contributed by atoms with E-state index < -0.39 is 11.7 Å². The topological polar surface area (TPSA) is 96.3 Å². The molecule has 2 aromatic rings. The zero-order valence-electron chi connectivity index (χ0n) is 11.9. The number of aromatic nitrogens is 4. The fourth-order valence-corrected chi connectivity index (χ4v) is 1.59. The standard InChI is InChI=1S/C12H20N6O2/c1-12(2,3)20-11(19)14-7-4-6-13-10-16-9-5-8-15-18(9)17-10/h5,8H,4,6-7H2,1-3H3,(H,14,19)(H2,13,16,17). The monoisotopic (exact) mass is 280 g/mol. The Bertz CT molecular complexity index is 539. The van der Waals surface area contributed by atoms with Crippen LogP contribution in [0.4, 0.5) is 10.7 Å². The van der Waals surface area contributed by atoms with Gasteiger partial charge in [0, 0.05) is 19.2 Å². The van der Waals surface area contributed by atoms with Gasteiger partial charge in [-0.25, -0.2) is 9.89 Å². The van der Waals surface area contributed by atoms with Crippen molar-refractivity contribution in [2.45, 2.75) is 32.8 Å². The number of alkyl carbamates (subject to hydrolysis) is 1. The lowest BCUT2D eigenvalue weighted by atomic mass is 10.2. The summed E-state index contributed by atoms with van der Waals surface area (Å²) in [4.78, 5) is 15.7. The van der Waals surface area contributed by atoms with Gasteiger partial charge in [0.05, 0.1) is 6.20 Å². The summed E-state index contributed by atoms with van der Waals surface area (Å²) in [5.74, 6) is 0.658. The van der Waals surface area contributed by atoms with Crippen LogP contribution in [0.25, 0.3) is 5.65 Å². The molecule has 0 aliphatic carbocycles. The molecule has 0 aromatic carbocycles. The first-order chi connectivity index (χ1) is 9.44. The van der Waals surface area contributed by atoms with Gasteiger partial charge in [-0.3, -0.25) is 0 Å². The van der Waals surface area contributed by atoms with Crippen LogP contribution in [0.2, 0.25) is 0 Å².